The zero-order chi connectivity index (χ0) is 13.0. The number of nitrogens with one attached hydrogen (secondary N) is 2. The number of hydrazine groups is 1. The first-order chi connectivity index (χ1) is 9.24. The molecule has 4 saturated carbocycles. The van der Waals surface area contributed by atoms with E-state index < -0.39 is 0 Å². The second-order valence-corrected chi connectivity index (χ2v) is 6.64. The summed E-state index contributed by atoms with van der Waals surface area (Å²) in [6, 6.07) is 1.90. The summed E-state index contributed by atoms with van der Waals surface area (Å²) in [6.45, 7) is 0. The highest BCUT2D eigenvalue weighted by atomic mass is 16.2. The third-order valence-corrected chi connectivity index (χ3v) is 5.55. The van der Waals surface area contributed by atoms with Crippen LogP contribution in [0.25, 0.3) is 0 Å². The number of nitrogens with zero attached hydrogens (tertiary/aromatic N) is 1. The molecule has 1 aromatic rings. The minimum atomic E-state index is -0.314. The molecular weight excluding hydrogens is 240 g/mol. The predicted molar refractivity (Wildman–Crippen MR) is 70.0 cm³/mol. The van der Waals surface area contributed by atoms with Crippen LogP contribution in [0.3, 0.4) is 0 Å². The Balaban J connectivity index is 1.62. The number of carbonyl (C=O) groups is 1. The van der Waals surface area contributed by atoms with E-state index in [2.05, 4.69) is 15.6 Å². The summed E-state index contributed by atoms with van der Waals surface area (Å²) < 4.78 is 0. The van der Waals surface area contributed by atoms with Crippen LogP contribution in [0, 0.1) is 23.7 Å². The van der Waals surface area contributed by atoms with Gasteiger partial charge in [0.05, 0.1) is 0 Å². The highest BCUT2D eigenvalue weighted by molar-refractivity contribution is 5.91. The van der Waals surface area contributed by atoms with E-state index in [-0.39, 0.29) is 5.91 Å². The van der Waals surface area contributed by atoms with Crippen molar-refractivity contribution in [3.05, 3.63) is 17.5 Å². The van der Waals surface area contributed by atoms with Gasteiger partial charge in [-0.1, -0.05) is 0 Å². The van der Waals surface area contributed by atoms with Crippen LogP contribution in [0.5, 0.6) is 0 Å². The number of nitrogen functional groups attached to an aromatic ring is 1. The quantitative estimate of drug-likeness (QED) is 0.428. The molecule has 0 saturated heterocycles. The summed E-state index contributed by atoms with van der Waals surface area (Å²) in [5.74, 6) is 8.95. The lowest BCUT2D eigenvalue weighted by Crippen LogP contribution is -2.43. The number of nitrogens with two attached hydrogens (primary N) is 1. The van der Waals surface area contributed by atoms with Crippen LogP contribution in [0.2, 0.25) is 0 Å². The van der Waals surface area contributed by atoms with Gasteiger partial charge >= 0.3 is 0 Å². The van der Waals surface area contributed by atoms with Crippen LogP contribution in [-0.2, 0) is 0 Å². The van der Waals surface area contributed by atoms with Crippen LogP contribution in [-0.4, -0.2) is 16.1 Å². The molecule has 4 bridgehead atoms. The third-order valence-electron chi connectivity index (χ3n) is 5.55. The Kier molecular flexibility index (Phi) is 2.45. The molecule has 4 aliphatic carbocycles. The van der Waals surface area contributed by atoms with Gasteiger partial charge in [0, 0.05) is 11.6 Å². The zero-order valence-corrected chi connectivity index (χ0v) is 10.9. The molecule has 5 nitrogen and oxygen atoms in total. The van der Waals surface area contributed by atoms with E-state index in [0.717, 1.165) is 29.4 Å². The summed E-state index contributed by atoms with van der Waals surface area (Å²) in [4.78, 5) is 11.5. The number of hydrogen-bond acceptors (Lipinski definition) is 3. The second kappa shape index (κ2) is 4.07. The molecule has 0 radical (unpaired) electrons. The van der Waals surface area contributed by atoms with Crippen molar-refractivity contribution in [3.63, 3.8) is 0 Å². The minimum Gasteiger partial charge on any atom is -0.289 e. The second-order valence-electron chi connectivity index (χ2n) is 6.64. The molecule has 102 valence electrons. The van der Waals surface area contributed by atoms with Gasteiger partial charge in [-0.25, -0.2) is 5.84 Å². The predicted octanol–water partition coefficient (Wildman–Crippen LogP) is 1.55. The zero-order valence-electron chi connectivity index (χ0n) is 10.9. The Bertz CT molecular complexity index is 481. The molecule has 4 N–H and O–H groups in total. The highest BCUT2D eigenvalue weighted by Gasteiger charge is 2.49. The van der Waals surface area contributed by atoms with E-state index in [1.165, 1.54) is 32.1 Å². The normalized spacial score (nSPS) is 39.5. The van der Waals surface area contributed by atoms with E-state index in [4.69, 9.17) is 5.84 Å². The molecule has 0 unspecified atom stereocenters. The number of carbonyl (C=O) groups excluding carboxylic acids is 1. The first kappa shape index (κ1) is 11.5. The lowest BCUT2D eigenvalue weighted by atomic mass is 9.51. The van der Waals surface area contributed by atoms with E-state index >= 15 is 0 Å². The first-order valence-electron chi connectivity index (χ1n) is 7.31. The Morgan fingerprint density at radius 2 is 1.84 bits per heavy atom. The van der Waals surface area contributed by atoms with Crippen molar-refractivity contribution < 1.29 is 4.79 Å². The molecular formula is C14H20N4O. The molecule has 0 spiro atoms. The number of hydrogen-bond donors (Lipinski definition) is 3. The van der Waals surface area contributed by atoms with Gasteiger partial charge in [0.2, 0.25) is 0 Å². The summed E-state index contributed by atoms with van der Waals surface area (Å²) in [7, 11) is 0. The maximum Gasteiger partial charge on any atom is 0.285 e. The lowest BCUT2D eigenvalue weighted by molar-refractivity contribution is -0.00417. The summed E-state index contributed by atoms with van der Waals surface area (Å²) in [5.41, 5.74) is 3.69. The molecule has 1 amide bonds. The van der Waals surface area contributed by atoms with Gasteiger partial charge in [0.25, 0.3) is 5.91 Å². The van der Waals surface area contributed by atoms with Gasteiger partial charge in [0.1, 0.15) is 0 Å². The average Bonchev–Trinajstić information content (AvgIpc) is 2.86. The fourth-order valence-corrected chi connectivity index (χ4v) is 5.13. The van der Waals surface area contributed by atoms with Crippen LogP contribution >= 0.6 is 0 Å². The largest absolute Gasteiger partial charge is 0.289 e. The maximum absolute atomic E-state index is 11.5. The lowest BCUT2D eigenvalue weighted by Gasteiger charge is -2.54. The van der Waals surface area contributed by atoms with Crippen molar-refractivity contribution in [2.75, 3.05) is 0 Å². The molecule has 4 fully saturated rings. The minimum absolute atomic E-state index is 0.314. The topological polar surface area (TPSA) is 83.8 Å². The van der Waals surface area contributed by atoms with Gasteiger partial charge in [-0.05, 0) is 61.8 Å². The number of aromatic amines is 1. The third kappa shape index (κ3) is 1.71. The summed E-state index contributed by atoms with van der Waals surface area (Å²) in [6.07, 6.45) is 6.94. The van der Waals surface area contributed by atoms with Crippen molar-refractivity contribution in [1.29, 1.82) is 0 Å². The molecule has 5 rings (SSSR count). The molecule has 0 aromatic carbocycles. The summed E-state index contributed by atoms with van der Waals surface area (Å²) >= 11 is 0. The molecule has 19 heavy (non-hydrogen) atoms. The molecule has 1 heterocycles. The van der Waals surface area contributed by atoms with Crippen LogP contribution < -0.4 is 11.3 Å². The van der Waals surface area contributed by atoms with E-state index in [1.54, 1.807) is 0 Å². The highest BCUT2D eigenvalue weighted by Crippen LogP contribution is 2.59. The van der Waals surface area contributed by atoms with E-state index in [1.807, 2.05) is 6.07 Å². The van der Waals surface area contributed by atoms with Crippen LogP contribution in [0.1, 0.15) is 54.2 Å². The SMILES string of the molecule is NNC(=O)c1cc(C2C3CC4CC(C3)CC2C4)[nH]n1. The Morgan fingerprint density at radius 3 is 2.42 bits per heavy atom. The molecule has 4 aliphatic rings. The van der Waals surface area contributed by atoms with Crippen molar-refractivity contribution in [2.45, 2.75) is 38.0 Å². The molecule has 0 aliphatic heterocycles. The van der Waals surface area contributed by atoms with Crippen LogP contribution in [0.4, 0.5) is 0 Å². The van der Waals surface area contributed by atoms with Crippen LogP contribution in [0.15, 0.2) is 6.07 Å². The molecule has 5 heteroatoms. The van der Waals surface area contributed by atoms with Gasteiger partial charge in [-0.15, -0.1) is 0 Å². The Hall–Kier alpha value is -1.36. The number of amides is 1. The van der Waals surface area contributed by atoms with Gasteiger partial charge in [0.15, 0.2) is 5.69 Å². The Morgan fingerprint density at radius 1 is 1.21 bits per heavy atom. The number of rotatable bonds is 2. The fraction of sp³-hybridized carbons (Fsp3) is 0.714. The number of aromatic nitrogens is 2. The van der Waals surface area contributed by atoms with Gasteiger partial charge in [-0.2, -0.15) is 5.10 Å². The average molecular weight is 260 g/mol. The molecule has 0 atom stereocenters. The smallest absolute Gasteiger partial charge is 0.285 e. The van der Waals surface area contributed by atoms with Gasteiger partial charge < -0.3 is 0 Å². The Labute approximate surface area is 112 Å². The number of H-pyrrole nitrogens is 1. The monoisotopic (exact) mass is 260 g/mol. The van der Waals surface area contributed by atoms with Crippen molar-refractivity contribution in [1.82, 2.24) is 15.6 Å². The van der Waals surface area contributed by atoms with Crippen molar-refractivity contribution in [3.8, 4) is 0 Å². The fourth-order valence-electron chi connectivity index (χ4n) is 5.13. The van der Waals surface area contributed by atoms with E-state index in [9.17, 15) is 4.79 Å². The standard InChI is InChI=1S/C14H20N4O/c15-16-14(19)12-6-11(17-18-12)13-9-2-7-1-8(4-9)5-10(13)3-7/h6-10,13H,1-5,15H2,(H,16,19)(H,17,18). The van der Waals surface area contributed by atoms with Crippen molar-refractivity contribution >= 4 is 5.91 Å². The maximum atomic E-state index is 11.5. The summed E-state index contributed by atoms with van der Waals surface area (Å²) in [5, 5.41) is 7.19. The first-order valence-corrected chi connectivity index (χ1v) is 7.31. The molecule has 1 aromatic heterocycles. The van der Waals surface area contributed by atoms with E-state index in [0.29, 0.717) is 11.6 Å². The van der Waals surface area contributed by atoms with Gasteiger partial charge in [-0.3, -0.25) is 15.3 Å². The van der Waals surface area contributed by atoms with Crippen molar-refractivity contribution in [2.24, 2.45) is 29.5 Å².